The third-order valence-electron chi connectivity index (χ3n) is 3.76. The van der Waals surface area contributed by atoms with Gasteiger partial charge in [-0.15, -0.1) is 0 Å². The molecule has 0 bridgehead atoms. The first-order chi connectivity index (χ1) is 7.60. The van der Waals surface area contributed by atoms with Gasteiger partial charge in [-0.1, -0.05) is 27.2 Å². The van der Waals surface area contributed by atoms with E-state index in [9.17, 15) is 4.79 Å². The average molecular weight is 226 g/mol. The SMILES string of the molecule is CCC(C)CN(CC)C(=O)C1CNCC1C. The molecule has 0 spiro atoms. The zero-order chi connectivity index (χ0) is 12.1. The lowest BCUT2D eigenvalue weighted by Gasteiger charge is -2.28. The predicted octanol–water partition coefficient (Wildman–Crippen LogP) is 1.74. The second-order valence-electron chi connectivity index (χ2n) is 5.13. The lowest BCUT2D eigenvalue weighted by molar-refractivity contribution is -0.136. The average Bonchev–Trinajstić information content (AvgIpc) is 2.71. The Labute approximate surface area is 99.6 Å². The molecule has 94 valence electrons. The van der Waals surface area contributed by atoms with E-state index in [1.165, 1.54) is 0 Å². The zero-order valence-corrected chi connectivity index (χ0v) is 11.1. The van der Waals surface area contributed by atoms with Gasteiger partial charge >= 0.3 is 0 Å². The fraction of sp³-hybridized carbons (Fsp3) is 0.923. The Bertz CT molecular complexity index is 230. The topological polar surface area (TPSA) is 32.3 Å². The van der Waals surface area contributed by atoms with E-state index in [4.69, 9.17) is 0 Å². The molecule has 0 aromatic heterocycles. The fourth-order valence-corrected chi connectivity index (χ4v) is 2.26. The Kier molecular flexibility index (Phi) is 5.26. The number of hydrogen-bond acceptors (Lipinski definition) is 2. The summed E-state index contributed by atoms with van der Waals surface area (Å²) >= 11 is 0. The van der Waals surface area contributed by atoms with Crippen LogP contribution in [0.3, 0.4) is 0 Å². The second-order valence-corrected chi connectivity index (χ2v) is 5.13. The maximum Gasteiger partial charge on any atom is 0.227 e. The number of carbonyl (C=O) groups excluding carboxylic acids is 1. The summed E-state index contributed by atoms with van der Waals surface area (Å²) in [6.07, 6.45) is 1.14. The number of nitrogens with zero attached hydrogens (tertiary/aromatic N) is 1. The molecule has 3 unspecified atom stereocenters. The van der Waals surface area contributed by atoms with Gasteiger partial charge in [0.1, 0.15) is 0 Å². The van der Waals surface area contributed by atoms with Crippen molar-refractivity contribution in [2.24, 2.45) is 17.8 Å². The van der Waals surface area contributed by atoms with Crippen molar-refractivity contribution in [3.8, 4) is 0 Å². The quantitative estimate of drug-likeness (QED) is 0.774. The normalized spacial score (nSPS) is 26.8. The summed E-state index contributed by atoms with van der Waals surface area (Å²) in [4.78, 5) is 14.4. The van der Waals surface area contributed by atoms with Crippen LogP contribution >= 0.6 is 0 Å². The maximum absolute atomic E-state index is 12.3. The van der Waals surface area contributed by atoms with Crippen LogP contribution in [0, 0.1) is 17.8 Å². The van der Waals surface area contributed by atoms with Crippen molar-refractivity contribution < 1.29 is 4.79 Å². The molecule has 0 aromatic rings. The van der Waals surface area contributed by atoms with E-state index in [2.05, 4.69) is 33.0 Å². The number of carbonyl (C=O) groups is 1. The second kappa shape index (κ2) is 6.24. The first kappa shape index (κ1) is 13.5. The molecule has 0 aliphatic carbocycles. The van der Waals surface area contributed by atoms with Gasteiger partial charge in [-0.05, 0) is 25.3 Å². The molecule has 1 aliphatic rings. The maximum atomic E-state index is 12.3. The highest BCUT2D eigenvalue weighted by Gasteiger charge is 2.32. The molecule has 1 saturated heterocycles. The van der Waals surface area contributed by atoms with Crippen molar-refractivity contribution in [2.75, 3.05) is 26.2 Å². The molecule has 3 nitrogen and oxygen atoms in total. The first-order valence-corrected chi connectivity index (χ1v) is 6.59. The summed E-state index contributed by atoms with van der Waals surface area (Å²) in [5.74, 6) is 1.64. The van der Waals surface area contributed by atoms with E-state index in [-0.39, 0.29) is 5.92 Å². The summed E-state index contributed by atoms with van der Waals surface area (Å²) < 4.78 is 0. The van der Waals surface area contributed by atoms with Crippen LogP contribution in [0.25, 0.3) is 0 Å². The fourth-order valence-electron chi connectivity index (χ4n) is 2.26. The van der Waals surface area contributed by atoms with Crippen LogP contribution in [0.2, 0.25) is 0 Å². The van der Waals surface area contributed by atoms with E-state index in [0.717, 1.165) is 32.6 Å². The molecule has 0 saturated carbocycles. The largest absolute Gasteiger partial charge is 0.342 e. The van der Waals surface area contributed by atoms with Gasteiger partial charge < -0.3 is 10.2 Å². The highest BCUT2D eigenvalue weighted by atomic mass is 16.2. The molecule has 3 atom stereocenters. The van der Waals surface area contributed by atoms with Crippen LogP contribution in [-0.2, 0) is 4.79 Å². The summed E-state index contributed by atoms with van der Waals surface area (Å²) in [6.45, 7) is 12.2. The molecule has 3 heteroatoms. The smallest absolute Gasteiger partial charge is 0.227 e. The zero-order valence-electron chi connectivity index (χ0n) is 11.1. The Balaban J connectivity index is 2.54. The van der Waals surface area contributed by atoms with Gasteiger partial charge in [-0.2, -0.15) is 0 Å². The predicted molar refractivity (Wildman–Crippen MR) is 67.2 cm³/mol. The lowest BCUT2D eigenvalue weighted by Crippen LogP contribution is -2.41. The lowest BCUT2D eigenvalue weighted by atomic mass is 9.96. The molecule has 16 heavy (non-hydrogen) atoms. The van der Waals surface area contributed by atoms with Crippen LogP contribution in [0.4, 0.5) is 0 Å². The number of rotatable bonds is 5. The molecule has 1 amide bonds. The Morgan fingerprint density at radius 1 is 1.44 bits per heavy atom. The minimum Gasteiger partial charge on any atom is -0.342 e. The number of nitrogens with one attached hydrogen (secondary N) is 1. The van der Waals surface area contributed by atoms with E-state index in [0.29, 0.717) is 17.7 Å². The van der Waals surface area contributed by atoms with Crippen LogP contribution < -0.4 is 5.32 Å². The van der Waals surface area contributed by atoms with Crippen molar-refractivity contribution in [2.45, 2.75) is 34.1 Å². The van der Waals surface area contributed by atoms with Crippen LogP contribution in [0.1, 0.15) is 34.1 Å². The molecule has 1 fully saturated rings. The molecule has 1 aliphatic heterocycles. The molecule has 1 rings (SSSR count). The van der Waals surface area contributed by atoms with Gasteiger partial charge in [0.05, 0.1) is 5.92 Å². The Hall–Kier alpha value is -0.570. The van der Waals surface area contributed by atoms with E-state index in [1.54, 1.807) is 0 Å². The van der Waals surface area contributed by atoms with Crippen molar-refractivity contribution in [3.63, 3.8) is 0 Å². The molecule has 0 radical (unpaired) electrons. The number of hydrogen-bond donors (Lipinski definition) is 1. The monoisotopic (exact) mass is 226 g/mol. The van der Waals surface area contributed by atoms with Crippen LogP contribution in [-0.4, -0.2) is 37.0 Å². The van der Waals surface area contributed by atoms with Gasteiger partial charge in [0.25, 0.3) is 0 Å². The third kappa shape index (κ3) is 3.21. The molecule has 0 aromatic carbocycles. The van der Waals surface area contributed by atoms with Crippen LogP contribution in [0.15, 0.2) is 0 Å². The van der Waals surface area contributed by atoms with E-state index in [1.807, 2.05) is 4.90 Å². The summed E-state index contributed by atoms with van der Waals surface area (Å²) in [5.41, 5.74) is 0. The van der Waals surface area contributed by atoms with Crippen molar-refractivity contribution in [1.82, 2.24) is 10.2 Å². The highest BCUT2D eigenvalue weighted by Crippen LogP contribution is 2.19. The van der Waals surface area contributed by atoms with Gasteiger partial charge in [0.15, 0.2) is 0 Å². The van der Waals surface area contributed by atoms with E-state index >= 15 is 0 Å². The van der Waals surface area contributed by atoms with Gasteiger partial charge in [-0.25, -0.2) is 0 Å². The van der Waals surface area contributed by atoms with Gasteiger partial charge in [0, 0.05) is 19.6 Å². The van der Waals surface area contributed by atoms with Crippen molar-refractivity contribution >= 4 is 5.91 Å². The van der Waals surface area contributed by atoms with Crippen LogP contribution in [0.5, 0.6) is 0 Å². The molecule has 1 heterocycles. The van der Waals surface area contributed by atoms with Crippen molar-refractivity contribution in [3.05, 3.63) is 0 Å². The van der Waals surface area contributed by atoms with Gasteiger partial charge in [-0.3, -0.25) is 4.79 Å². The minimum absolute atomic E-state index is 0.198. The Morgan fingerprint density at radius 2 is 2.12 bits per heavy atom. The molecular formula is C13H26N2O. The van der Waals surface area contributed by atoms with E-state index < -0.39 is 0 Å². The summed E-state index contributed by atoms with van der Waals surface area (Å²) in [7, 11) is 0. The third-order valence-corrected chi connectivity index (χ3v) is 3.76. The van der Waals surface area contributed by atoms with Crippen molar-refractivity contribution in [1.29, 1.82) is 0 Å². The molecule has 1 N–H and O–H groups in total. The minimum atomic E-state index is 0.198. The summed E-state index contributed by atoms with van der Waals surface area (Å²) in [5, 5.41) is 3.30. The Morgan fingerprint density at radius 3 is 2.56 bits per heavy atom. The van der Waals surface area contributed by atoms with Gasteiger partial charge in [0.2, 0.25) is 5.91 Å². The first-order valence-electron chi connectivity index (χ1n) is 6.59. The number of amides is 1. The summed E-state index contributed by atoms with van der Waals surface area (Å²) in [6, 6.07) is 0. The highest BCUT2D eigenvalue weighted by molar-refractivity contribution is 5.79. The standard InChI is InChI=1S/C13H26N2O/c1-5-10(3)9-15(6-2)13(16)12-8-14-7-11(12)4/h10-12,14H,5-9H2,1-4H3. The molecular weight excluding hydrogens is 200 g/mol.